The smallest absolute Gasteiger partial charge is 0.0621 e. The summed E-state index contributed by atoms with van der Waals surface area (Å²) in [7, 11) is 0. The van der Waals surface area contributed by atoms with E-state index in [1.807, 2.05) is 11.3 Å². The average molecular weight is 665 g/mol. The Morgan fingerprint density at radius 2 is 0.882 bits per heavy atom. The molecule has 2 nitrogen and oxygen atoms in total. The Balaban J connectivity index is 1.21. The molecule has 236 valence electrons. The molecule has 0 bridgehead atoms. The van der Waals surface area contributed by atoms with Crippen molar-refractivity contribution in [2.24, 2.45) is 0 Å². The summed E-state index contributed by atoms with van der Waals surface area (Å²) >= 11 is 1.87. The summed E-state index contributed by atoms with van der Waals surface area (Å²) < 4.78 is 5.09. The van der Waals surface area contributed by atoms with Crippen LogP contribution in [0.15, 0.2) is 170 Å². The van der Waals surface area contributed by atoms with Crippen LogP contribution in [-0.2, 0) is 0 Å². The summed E-state index contributed by atoms with van der Waals surface area (Å²) in [4.78, 5) is 2.50. The number of fused-ring (bicyclic) bond motifs is 15. The van der Waals surface area contributed by atoms with Crippen LogP contribution in [0.2, 0.25) is 0 Å². The molecule has 3 heterocycles. The van der Waals surface area contributed by atoms with Gasteiger partial charge < -0.3 is 9.30 Å². The largest absolute Gasteiger partial charge is 0.310 e. The minimum Gasteiger partial charge on any atom is -0.310 e. The highest BCUT2D eigenvalue weighted by molar-refractivity contribution is 7.25. The Morgan fingerprint density at radius 3 is 1.67 bits per heavy atom. The summed E-state index contributed by atoms with van der Waals surface area (Å²) in [6.07, 6.45) is 0. The molecule has 3 heteroatoms. The lowest BCUT2D eigenvalue weighted by Gasteiger charge is -2.27. The molecule has 12 aromatic rings. The van der Waals surface area contributed by atoms with Crippen molar-refractivity contribution < 1.29 is 0 Å². The second-order valence-corrected chi connectivity index (χ2v) is 14.7. The standard InChI is InChI=1S/C48H28N2S/c1-2-13-33-31(11-1)32-12-3-4-14-34(32)41-27-29(23-25-35(33)41)49(30-24-26-38-37-16-6-8-22-45(37)51-46(38)28-30)43-20-10-21-44-47(43)40-18-9-17-39-36-15-5-7-19-42(36)50(44)48(39)40/h1-28H. The van der Waals surface area contributed by atoms with E-state index in [1.54, 1.807) is 0 Å². The van der Waals surface area contributed by atoms with Crippen LogP contribution in [0.5, 0.6) is 0 Å². The lowest BCUT2D eigenvalue weighted by molar-refractivity contribution is 1.31. The number of para-hydroxylation sites is 2. The number of anilines is 3. The van der Waals surface area contributed by atoms with Gasteiger partial charge in [0.1, 0.15) is 0 Å². The Bertz CT molecular complexity index is 3350. The van der Waals surface area contributed by atoms with Crippen molar-refractivity contribution in [1.29, 1.82) is 0 Å². The highest BCUT2D eigenvalue weighted by Gasteiger charge is 2.24. The number of rotatable bonds is 3. The van der Waals surface area contributed by atoms with Crippen LogP contribution in [-0.4, -0.2) is 4.40 Å². The van der Waals surface area contributed by atoms with E-state index in [-0.39, 0.29) is 0 Å². The van der Waals surface area contributed by atoms with Gasteiger partial charge in [0.25, 0.3) is 0 Å². The van der Waals surface area contributed by atoms with Gasteiger partial charge in [0.15, 0.2) is 0 Å². The molecular weight excluding hydrogens is 637 g/mol. The number of aromatic nitrogens is 1. The fourth-order valence-corrected chi connectivity index (χ4v) is 10.1. The van der Waals surface area contributed by atoms with Crippen LogP contribution in [0.3, 0.4) is 0 Å². The quantitative estimate of drug-likeness (QED) is 0.171. The van der Waals surface area contributed by atoms with Crippen LogP contribution >= 0.6 is 11.3 Å². The molecule has 0 aliphatic carbocycles. The van der Waals surface area contributed by atoms with Gasteiger partial charge in [-0.3, -0.25) is 0 Å². The lowest BCUT2D eigenvalue weighted by Crippen LogP contribution is -2.10. The Labute approximate surface area is 296 Å². The van der Waals surface area contributed by atoms with Gasteiger partial charge in [0.05, 0.1) is 22.2 Å². The van der Waals surface area contributed by atoms with Gasteiger partial charge in [0.2, 0.25) is 0 Å². The zero-order valence-corrected chi connectivity index (χ0v) is 28.3. The fraction of sp³-hybridized carbons (Fsp3) is 0. The predicted octanol–water partition coefficient (Wildman–Crippen LogP) is 14.1. The molecule has 51 heavy (non-hydrogen) atoms. The second kappa shape index (κ2) is 10.1. The summed E-state index contributed by atoms with van der Waals surface area (Å²) in [5.74, 6) is 0. The maximum absolute atomic E-state index is 2.50. The second-order valence-electron chi connectivity index (χ2n) is 13.7. The van der Waals surface area contributed by atoms with Crippen molar-refractivity contribution in [2.75, 3.05) is 4.90 Å². The molecule has 0 aliphatic heterocycles. The lowest BCUT2D eigenvalue weighted by atomic mass is 9.94. The zero-order valence-electron chi connectivity index (χ0n) is 27.5. The van der Waals surface area contributed by atoms with E-state index >= 15 is 0 Å². The molecule has 0 radical (unpaired) electrons. The number of thiophene rings is 1. The highest BCUT2D eigenvalue weighted by atomic mass is 32.1. The first kappa shape index (κ1) is 27.4. The van der Waals surface area contributed by atoms with E-state index in [9.17, 15) is 0 Å². The van der Waals surface area contributed by atoms with Crippen LogP contribution in [0.1, 0.15) is 0 Å². The van der Waals surface area contributed by atoms with Crippen molar-refractivity contribution in [3.63, 3.8) is 0 Å². The van der Waals surface area contributed by atoms with Crippen molar-refractivity contribution >= 4 is 119 Å². The highest BCUT2D eigenvalue weighted by Crippen LogP contribution is 2.48. The van der Waals surface area contributed by atoms with E-state index < -0.39 is 0 Å². The summed E-state index contributed by atoms with van der Waals surface area (Å²) in [6.45, 7) is 0. The Hall–Kier alpha value is -6.42. The van der Waals surface area contributed by atoms with Gasteiger partial charge >= 0.3 is 0 Å². The molecule has 0 saturated heterocycles. The zero-order chi connectivity index (χ0) is 33.2. The third kappa shape index (κ3) is 3.65. The molecule has 12 rings (SSSR count). The third-order valence-electron chi connectivity index (χ3n) is 11.1. The summed E-state index contributed by atoms with van der Waals surface area (Å²) in [6, 6.07) is 63.0. The van der Waals surface area contributed by atoms with E-state index in [2.05, 4.69) is 179 Å². The van der Waals surface area contributed by atoms with Gasteiger partial charge in [-0.15, -0.1) is 11.3 Å². The molecule has 9 aromatic carbocycles. The fourth-order valence-electron chi connectivity index (χ4n) is 8.96. The molecule has 0 unspecified atom stereocenters. The topological polar surface area (TPSA) is 7.65 Å². The van der Waals surface area contributed by atoms with Crippen molar-refractivity contribution in [3.05, 3.63) is 170 Å². The number of hydrogen-bond donors (Lipinski definition) is 0. The molecule has 0 spiro atoms. The van der Waals surface area contributed by atoms with Gasteiger partial charge in [-0.05, 0) is 80.8 Å². The Kier molecular flexibility index (Phi) is 5.41. The first-order chi connectivity index (χ1) is 25.3. The van der Waals surface area contributed by atoms with Gasteiger partial charge in [-0.2, -0.15) is 0 Å². The Morgan fingerprint density at radius 1 is 0.353 bits per heavy atom. The maximum atomic E-state index is 2.50. The van der Waals surface area contributed by atoms with Crippen LogP contribution < -0.4 is 4.90 Å². The third-order valence-corrected chi connectivity index (χ3v) is 12.2. The molecule has 0 saturated carbocycles. The molecule has 0 aliphatic rings. The normalized spacial score (nSPS) is 12.3. The van der Waals surface area contributed by atoms with E-state index in [0.29, 0.717) is 0 Å². The van der Waals surface area contributed by atoms with Gasteiger partial charge in [0, 0.05) is 53.1 Å². The minimum atomic E-state index is 1.14. The molecule has 0 fully saturated rings. The molecule has 0 N–H and O–H groups in total. The van der Waals surface area contributed by atoms with Crippen molar-refractivity contribution in [1.82, 2.24) is 4.40 Å². The molecule has 0 atom stereocenters. The van der Waals surface area contributed by atoms with E-state index in [1.165, 1.54) is 96.3 Å². The molecular formula is C48H28N2S. The number of benzene rings is 9. The summed E-state index contributed by atoms with van der Waals surface area (Å²) in [5, 5.41) is 15.5. The summed E-state index contributed by atoms with van der Waals surface area (Å²) in [5.41, 5.74) is 7.24. The van der Waals surface area contributed by atoms with Crippen LogP contribution in [0, 0.1) is 0 Å². The molecule has 0 amide bonds. The number of nitrogens with zero attached hydrogens (tertiary/aromatic N) is 2. The van der Waals surface area contributed by atoms with E-state index in [0.717, 1.165) is 11.4 Å². The van der Waals surface area contributed by atoms with Gasteiger partial charge in [-0.25, -0.2) is 0 Å². The van der Waals surface area contributed by atoms with Crippen molar-refractivity contribution in [2.45, 2.75) is 0 Å². The predicted molar refractivity (Wildman–Crippen MR) is 221 cm³/mol. The van der Waals surface area contributed by atoms with E-state index in [4.69, 9.17) is 0 Å². The van der Waals surface area contributed by atoms with Crippen LogP contribution in [0.4, 0.5) is 17.1 Å². The number of hydrogen-bond acceptors (Lipinski definition) is 2. The monoisotopic (exact) mass is 664 g/mol. The first-order valence-electron chi connectivity index (χ1n) is 17.5. The average Bonchev–Trinajstić information content (AvgIpc) is 3.85. The van der Waals surface area contributed by atoms with Crippen molar-refractivity contribution in [3.8, 4) is 0 Å². The molecule has 3 aromatic heterocycles. The minimum absolute atomic E-state index is 1.14. The SMILES string of the molecule is c1ccc2c(c1)sc1cc(N(c3ccc4c5ccccc5c5ccccc5c4c3)c3cccc4c3c3cccc5c6ccccc6n4c53)ccc12. The van der Waals surface area contributed by atoms with Gasteiger partial charge in [-0.1, -0.05) is 121 Å². The first-order valence-corrected chi connectivity index (χ1v) is 18.3. The van der Waals surface area contributed by atoms with Crippen LogP contribution in [0.25, 0.3) is 90.6 Å². The maximum Gasteiger partial charge on any atom is 0.0621 e.